The maximum Gasteiger partial charge on any atom is 0.306 e. The molecule has 0 saturated heterocycles. The molecule has 0 saturated carbocycles. The molecule has 0 heterocycles. The van der Waals surface area contributed by atoms with Crippen molar-refractivity contribution in [2.24, 2.45) is 0 Å². The standard InChI is InChI=1S/C71H116O6/c1-4-7-10-13-16-19-22-25-27-29-31-32-33-34-35-36-37-38-40-41-43-46-49-52-55-58-61-64-70(73)76-67-68(66-75-69(72)63-60-57-54-51-48-45-24-21-18-15-12-9-6-3)77-71(74)65-62-59-56-53-50-47-44-42-39-30-28-26-23-20-17-14-11-8-5-2/h7-12,16-21,25-28,31-32,39,42,45,48,68H,4-6,13-15,22-24,29-30,33-38,40-41,43-44,46-47,49-67H2,1-3H3/b10-7-,11-8-,12-9-,19-16-,20-17-,21-18-,27-25-,28-26-,32-31-,42-39-,48-45-. The number of allylic oxidation sites excluding steroid dienone is 22. The van der Waals surface area contributed by atoms with Gasteiger partial charge in [0.1, 0.15) is 13.2 Å². The molecule has 0 N–H and O–H groups in total. The first-order valence-electron chi connectivity index (χ1n) is 31.7. The van der Waals surface area contributed by atoms with Crippen molar-refractivity contribution < 1.29 is 28.6 Å². The zero-order valence-electron chi connectivity index (χ0n) is 49.9. The van der Waals surface area contributed by atoms with Crippen molar-refractivity contribution in [2.75, 3.05) is 13.2 Å². The van der Waals surface area contributed by atoms with E-state index >= 15 is 0 Å². The van der Waals surface area contributed by atoms with E-state index in [1.165, 1.54) is 89.9 Å². The lowest BCUT2D eigenvalue weighted by atomic mass is 10.0. The minimum absolute atomic E-state index is 0.0965. The average molecular weight is 1070 g/mol. The van der Waals surface area contributed by atoms with Crippen LogP contribution in [-0.4, -0.2) is 37.2 Å². The Morgan fingerprint density at radius 2 is 0.468 bits per heavy atom. The summed E-state index contributed by atoms with van der Waals surface area (Å²) in [7, 11) is 0. The van der Waals surface area contributed by atoms with Crippen LogP contribution < -0.4 is 0 Å². The smallest absolute Gasteiger partial charge is 0.306 e. The lowest BCUT2D eigenvalue weighted by molar-refractivity contribution is -0.167. The van der Waals surface area contributed by atoms with E-state index < -0.39 is 6.10 Å². The first-order valence-corrected chi connectivity index (χ1v) is 31.7. The molecular formula is C71H116O6. The first kappa shape index (κ1) is 72.5. The third-order valence-electron chi connectivity index (χ3n) is 13.1. The average Bonchev–Trinajstić information content (AvgIpc) is 3.43. The first-order chi connectivity index (χ1) is 38.0. The second-order valence-electron chi connectivity index (χ2n) is 20.5. The number of esters is 3. The summed E-state index contributed by atoms with van der Waals surface area (Å²) >= 11 is 0. The maximum absolute atomic E-state index is 12.9. The van der Waals surface area contributed by atoms with Gasteiger partial charge in [-0.3, -0.25) is 14.4 Å². The van der Waals surface area contributed by atoms with Crippen molar-refractivity contribution in [2.45, 2.75) is 284 Å². The molecule has 0 spiro atoms. The molecule has 0 bridgehead atoms. The predicted molar refractivity (Wildman–Crippen MR) is 334 cm³/mol. The highest BCUT2D eigenvalue weighted by Gasteiger charge is 2.19. The Bertz CT molecular complexity index is 1650. The zero-order valence-corrected chi connectivity index (χ0v) is 49.9. The minimum Gasteiger partial charge on any atom is -0.462 e. The van der Waals surface area contributed by atoms with Gasteiger partial charge in [0.05, 0.1) is 0 Å². The number of unbranched alkanes of at least 4 members (excludes halogenated alkanes) is 23. The fourth-order valence-corrected chi connectivity index (χ4v) is 8.50. The van der Waals surface area contributed by atoms with Crippen molar-refractivity contribution in [3.8, 4) is 0 Å². The lowest BCUT2D eigenvalue weighted by Crippen LogP contribution is -2.30. The van der Waals surface area contributed by atoms with Gasteiger partial charge < -0.3 is 14.2 Å². The zero-order chi connectivity index (χ0) is 55.7. The van der Waals surface area contributed by atoms with Crippen LogP contribution in [0.25, 0.3) is 0 Å². The molecule has 0 aromatic carbocycles. The van der Waals surface area contributed by atoms with Crippen molar-refractivity contribution in [1.29, 1.82) is 0 Å². The largest absolute Gasteiger partial charge is 0.462 e. The van der Waals surface area contributed by atoms with E-state index in [0.717, 1.165) is 148 Å². The Hall–Kier alpha value is -4.45. The summed E-state index contributed by atoms with van der Waals surface area (Å²) in [6.45, 7) is 6.27. The van der Waals surface area contributed by atoms with E-state index in [2.05, 4.69) is 154 Å². The van der Waals surface area contributed by atoms with Gasteiger partial charge in [-0.1, -0.05) is 264 Å². The number of rotatable bonds is 56. The molecule has 436 valence electrons. The van der Waals surface area contributed by atoms with Crippen molar-refractivity contribution in [3.63, 3.8) is 0 Å². The molecule has 0 radical (unpaired) electrons. The van der Waals surface area contributed by atoms with E-state index in [1.54, 1.807) is 0 Å². The van der Waals surface area contributed by atoms with Crippen molar-refractivity contribution >= 4 is 17.9 Å². The third kappa shape index (κ3) is 62.3. The number of carbonyl (C=O) groups excluding carboxylic acids is 3. The van der Waals surface area contributed by atoms with Gasteiger partial charge in [0.15, 0.2) is 6.10 Å². The molecule has 0 aromatic rings. The predicted octanol–water partition coefficient (Wildman–Crippen LogP) is 21.8. The number of carbonyl (C=O) groups is 3. The van der Waals surface area contributed by atoms with Gasteiger partial charge in [0.25, 0.3) is 0 Å². The van der Waals surface area contributed by atoms with Crippen LogP contribution in [-0.2, 0) is 28.6 Å². The fourth-order valence-electron chi connectivity index (χ4n) is 8.50. The molecular weight excluding hydrogens is 949 g/mol. The van der Waals surface area contributed by atoms with Crippen LogP contribution in [0.15, 0.2) is 134 Å². The summed E-state index contributed by atoms with van der Waals surface area (Å²) in [5.41, 5.74) is 0. The van der Waals surface area contributed by atoms with Crippen LogP contribution in [0.3, 0.4) is 0 Å². The van der Waals surface area contributed by atoms with Gasteiger partial charge in [0, 0.05) is 19.3 Å². The fraction of sp³-hybridized carbons (Fsp3) is 0.648. The monoisotopic (exact) mass is 1060 g/mol. The van der Waals surface area contributed by atoms with Gasteiger partial charge in [0.2, 0.25) is 0 Å². The van der Waals surface area contributed by atoms with Crippen molar-refractivity contribution in [1.82, 2.24) is 0 Å². The number of ether oxygens (including phenoxy) is 3. The second kappa shape index (κ2) is 64.1. The van der Waals surface area contributed by atoms with Gasteiger partial charge >= 0.3 is 17.9 Å². The number of hydrogen-bond acceptors (Lipinski definition) is 6. The highest BCUT2D eigenvalue weighted by Crippen LogP contribution is 2.16. The van der Waals surface area contributed by atoms with E-state index in [-0.39, 0.29) is 31.1 Å². The van der Waals surface area contributed by atoms with E-state index in [9.17, 15) is 14.4 Å². The van der Waals surface area contributed by atoms with Crippen LogP contribution in [0.1, 0.15) is 278 Å². The summed E-state index contributed by atoms with van der Waals surface area (Å²) in [5.74, 6) is -0.940. The molecule has 0 aliphatic rings. The molecule has 0 fully saturated rings. The van der Waals surface area contributed by atoms with Crippen LogP contribution in [0, 0.1) is 0 Å². The molecule has 0 rings (SSSR count). The quantitative estimate of drug-likeness (QED) is 0.0261. The maximum atomic E-state index is 12.9. The molecule has 1 atom stereocenters. The molecule has 77 heavy (non-hydrogen) atoms. The summed E-state index contributed by atoms with van der Waals surface area (Å²) in [4.78, 5) is 38.3. The summed E-state index contributed by atoms with van der Waals surface area (Å²) in [6, 6.07) is 0. The highest BCUT2D eigenvalue weighted by molar-refractivity contribution is 5.71. The second-order valence-corrected chi connectivity index (χ2v) is 20.5. The minimum atomic E-state index is -0.803. The Morgan fingerprint density at radius 1 is 0.260 bits per heavy atom. The van der Waals surface area contributed by atoms with Crippen LogP contribution in [0.4, 0.5) is 0 Å². The van der Waals surface area contributed by atoms with Crippen LogP contribution >= 0.6 is 0 Å². The molecule has 6 nitrogen and oxygen atoms in total. The van der Waals surface area contributed by atoms with E-state index in [4.69, 9.17) is 14.2 Å². The number of hydrogen-bond donors (Lipinski definition) is 0. The topological polar surface area (TPSA) is 78.9 Å². The summed E-state index contributed by atoms with van der Waals surface area (Å²) in [5, 5.41) is 0. The Kier molecular flexibility index (Phi) is 60.4. The molecule has 6 heteroatoms. The third-order valence-corrected chi connectivity index (χ3v) is 13.1. The Morgan fingerprint density at radius 3 is 0.740 bits per heavy atom. The van der Waals surface area contributed by atoms with Crippen LogP contribution in [0.2, 0.25) is 0 Å². The van der Waals surface area contributed by atoms with Crippen LogP contribution in [0.5, 0.6) is 0 Å². The van der Waals surface area contributed by atoms with E-state index in [1.807, 2.05) is 0 Å². The van der Waals surface area contributed by atoms with Crippen molar-refractivity contribution in [3.05, 3.63) is 134 Å². The SMILES string of the molecule is CC/C=C\C/C=C\C/C=C\C/C=C\CCCCCCCCCCCCCCCCC(=O)OCC(COC(=O)CCCCC/C=C\C/C=C\C/C=C\CC)OC(=O)CCCCCCCC/C=C\C/C=C\C/C=C\C/C=C\CC. The van der Waals surface area contributed by atoms with Gasteiger partial charge in [-0.25, -0.2) is 0 Å². The van der Waals surface area contributed by atoms with Gasteiger partial charge in [-0.15, -0.1) is 0 Å². The molecule has 1 unspecified atom stereocenters. The molecule has 0 aliphatic heterocycles. The summed E-state index contributed by atoms with van der Waals surface area (Å²) < 4.78 is 16.9. The molecule has 0 aliphatic carbocycles. The lowest BCUT2D eigenvalue weighted by Gasteiger charge is -2.18. The van der Waals surface area contributed by atoms with E-state index in [0.29, 0.717) is 19.3 Å². The molecule has 0 amide bonds. The van der Waals surface area contributed by atoms with Gasteiger partial charge in [-0.2, -0.15) is 0 Å². The molecule has 0 aromatic heterocycles. The van der Waals surface area contributed by atoms with Gasteiger partial charge in [-0.05, 0) is 128 Å². The Balaban J connectivity index is 4.33. The highest BCUT2D eigenvalue weighted by atomic mass is 16.6. The normalized spacial score (nSPS) is 13.0. The summed E-state index contributed by atoms with van der Waals surface area (Å²) in [6.07, 6.45) is 90.3. The Labute approximate surface area is 475 Å².